The summed E-state index contributed by atoms with van der Waals surface area (Å²) in [4.78, 5) is 12.0. The van der Waals surface area contributed by atoms with Gasteiger partial charge < -0.3 is 9.84 Å². The number of hydrogen-bond acceptors (Lipinski definition) is 3. The van der Waals surface area contributed by atoms with Crippen molar-refractivity contribution in [3.63, 3.8) is 0 Å². The second-order valence-corrected chi connectivity index (χ2v) is 8.31. The van der Waals surface area contributed by atoms with E-state index in [0.29, 0.717) is 12.5 Å². The molecule has 8 unspecified atom stereocenters. The van der Waals surface area contributed by atoms with Gasteiger partial charge in [0.25, 0.3) is 0 Å². The van der Waals surface area contributed by atoms with Crippen molar-refractivity contribution in [2.75, 3.05) is 13.7 Å². The van der Waals surface area contributed by atoms with Crippen molar-refractivity contribution in [1.29, 1.82) is 0 Å². The first kappa shape index (κ1) is 13.1. The second kappa shape index (κ2) is 4.22. The molecule has 1 N–H and O–H groups in total. The largest absolute Gasteiger partial charge is 0.469 e. The number of ether oxygens (including phenoxy) is 1. The summed E-state index contributed by atoms with van der Waals surface area (Å²) in [5.74, 6) is 4.69. The molecule has 4 fully saturated rings. The highest BCUT2D eigenvalue weighted by Gasteiger charge is 2.64. The predicted molar refractivity (Wildman–Crippen MR) is 74.7 cm³/mol. The second-order valence-electron chi connectivity index (χ2n) is 8.31. The van der Waals surface area contributed by atoms with Crippen molar-refractivity contribution < 1.29 is 14.6 Å². The molecule has 0 spiro atoms. The molecule has 0 aromatic heterocycles. The molecule has 4 saturated carbocycles. The number of methoxy groups -OCH3 is 1. The molecule has 20 heavy (non-hydrogen) atoms. The van der Waals surface area contributed by atoms with Crippen LogP contribution in [0.15, 0.2) is 0 Å². The van der Waals surface area contributed by atoms with Crippen molar-refractivity contribution in [3.8, 4) is 0 Å². The summed E-state index contributed by atoms with van der Waals surface area (Å²) in [6, 6.07) is 0. The molecule has 0 aromatic carbocycles. The quantitative estimate of drug-likeness (QED) is 0.623. The molecule has 4 aliphatic rings. The predicted octanol–water partition coefficient (Wildman–Crippen LogP) is 2.48. The van der Waals surface area contributed by atoms with Gasteiger partial charge in [0.15, 0.2) is 0 Å². The summed E-state index contributed by atoms with van der Waals surface area (Å²) < 4.78 is 5.03. The zero-order chi connectivity index (χ0) is 14.1. The molecule has 4 aliphatic carbocycles. The monoisotopic (exact) mass is 278 g/mol. The Kier molecular flexibility index (Phi) is 2.77. The van der Waals surface area contributed by atoms with Gasteiger partial charge in [0, 0.05) is 6.61 Å². The molecule has 112 valence electrons. The molecule has 0 radical (unpaired) electrons. The van der Waals surface area contributed by atoms with Crippen LogP contribution in [0.4, 0.5) is 0 Å². The maximum absolute atomic E-state index is 12.0. The average molecular weight is 278 g/mol. The van der Waals surface area contributed by atoms with Crippen LogP contribution in [-0.2, 0) is 9.53 Å². The van der Waals surface area contributed by atoms with E-state index in [9.17, 15) is 9.90 Å². The molecule has 0 aliphatic heterocycles. The van der Waals surface area contributed by atoms with Crippen LogP contribution in [0.1, 0.15) is 39.0 Å². The van der Waals surface area contributed by atoms with Crippen LogP contribution in [-0.4, -0.2) is 24.8 Å². The van der Waals surface area contributed by atoms with E-state index in [0.717, 1.165) is 42.4 Å². The molecule has 0 amide bonds. The van der Waals surface area contributed by atoms with Gasteiger partial charge >= 0.3 is 5.97 Å². The SMILES string of the molecule is COC(=O)C1CC2CC1C1C3CC(CC(C)(CO)C3)C21. The molecule has 4 bridgehead atoms. The number of aliphatic hydroxyl groups excluding tert-OH is 1. The van der Waals surface area contributed by atoms with Crippen LogP contribution < -0.4 is 0 Å². The third kappa shape index (κ3) is 1.59. The van der Waals surface area contributed by atoms with Crippen molar-refractivity contribution in [3.05, 3.63) is 0 Å². The first-order chi connectivity index (χ1) is 9.56. The van der Waals surface area contributed by atoms with E-state index in [1.807, 2.05) is 0 Å². The van der Waals surface area contributed by atoms with Gasteiger partial charge in [-0.05, 0) is 73.0 Å². The third-order valence-electron chi connectivity index (χ3n) is 7.22. The standard InChI is InChI=1S/C17H26O3/c1-17(8-18)6-10-3-11(7-17)15-12-4-9(14(10)15)5-13(12)16(19)20-2/h9-15,18H,3-8H2,1-2H3. The van der Waals surface area contributed by atoms with Gasteiger partial charge in [-0.25, -0.2) is 0 Å². The van der Waals surface area contributed by atoms with Gasteiger partial charge in [-0.2, -0.15) is 0 Å². The number of rotatable bonds is 2. The fraction of sp³-hybridized carbons (Fsp3) is 0.941. The molecule has 0 heterocycles. The Labute approximate surface area is 121 Å². The van der Waals surface area contributed by atoms with Gasteiger partial charge in [-0.15, -0.1) is 0 Å². The Morgan fingerprint density at radius 1 is 1.15 bits per heavy atom. The fourth-order valence-corrected chi connectivity index (χ4v) is 6.86. The molecular formula is C17H26O3. The van der Waals surface area contributed by atoms with E-state index < -0.39 is 0 Å². The summed E-state index contributed by atoms with van der Waals surface area (Å²) in [5.41, 5.74) is 0.137. The number of fused-ring (bicyclic) bond motifs is 9. The zero-order valence-electron chi connectivity index (χ0n) is 12.5. The number of hydrogen-bond donors (Lipinski definition) is 1. The maximum Gasteiger partial charge on any atom is 0.308 e. The summed E-state index contributed by atoms with van der Waals surface area (Å²) in [6.45, 7) is 2.59. The molecule has 4 rings (SSSR count). The van der Waals surface area contributed by atoms with E-state index in [2.05, 4.69) is 6.92 Å². The topological polar surface area (TPSA) is 46.5 Å². The van der Waals surface area contributed by atoms with Crippen LogP contribution in [0.3, 0.4) is 0 Å². The minimum atomic E-state index is 0.0299. The lowest BCUT2D eigenvalue weighted by atomic mass is 9.68. The molecule has 8 atom stereocenters. The first-order valence-corrected chi connectivity index (χ1v) is 8.25. The molecular weight excluding hydrogens is 252 g/mol. The van der Waals surface area contributed by atoms with Gasteiger partial charge in [-0.1, -0.05) is 6.92 Å². The minimum absolute atomic E-state index is 0.0299. The fourth-order valence-electron chi connectivity index (χ4n) is 6.86. The van der Waals surface area contributed by atoms with E-state index in [1.165, 1.54) is 26.4 Å². The summed E-state index contributed by atoms with van der Waals surface area (Å²) >= 11 is 0. The smallest absolute Gasteiger partial charge is 0.308 e. The van der Waals surface area contributed by atoms with Crippen LogP contribution in [0.5, 0.6) is 0 Å². The number of aliphatic hydroxyl groups is 1. The minimum Gasteiger partial charge on any atom is -0.469 e. The van der Waals surface area contributed by atoms with E-state index in [1.54, 1.807) is 0 Å². The Bertz CT molecular complexity index is 434. The Morgan fingerprint density at radius 3 is 2.50 bits per heavy atom. The number of carbonyl (C=O) groups is 1. The highest BCUT2D eigenvalue weighted by Crippen LogP contribution is 2.69. The van der Waals surface area contributed by atoms with Gasteiger partial charge in [0.05, 0.1) is 13.0 Å². The van der Waals surface area contributed by atoms with Crippen molar-refractivity contribution in [2.24, 2.45) is 46.8 Å². The molecule has 0 aromatic rings. The van der Waals surface area contributed by atoms with Crippen molar-refractivity contribution in [1.82, 2.24) is 0 Å². The summed E-state index contributed by atoms with van der Waals surface area (Å²) in [5, 5.41) is 9.73. The highest BCUT2D eigenvalue weighted by molar-refractivity contribution is 5.73. The Hall–Kier alpha value is -0.570. The number of esters is 1. The van der Waals surface area contributed by atoms with Gasteiger partial charge in [-0.3, -0.25) is 4.79 Å². The molecule has 0 saturated heterocycles. The van der Waals surface area contributed by atoms with Crippen molar-refractivity contribution in [2.45, 2.75) is 39.0 Å². The lowest BCUT2D eigenvalue weighted by molar-refractivity contribution is -0.148. The third-order valence-corrected chi connectivity index (χ3v) is 7.22. The summed E-state index contributed by atoms with van der Waals surface area (Å²) in [7, 11) is 1.53. The average Bonchev–Trinajstić information content (AvgIpc) is 3.09. The normalized spacial score (nSPS) is 55.9. The molecule has 3 nitrogen and oxygen atoms in total. The molecule has 3 heteroatoms. The van der Waals surface area contributed by atoms with E-state index in [-0.39, 0.29) is 17.3 Å². The maximum atomic E-state index is 12.0. The Morgan fingerprint density at radius 2 is 1.85 bits per heavy atom. The first-order valence-electron chi connectivity index (χ1n) is 8.25. The van der Waals surface area contributed by atoms with Gasteiger partial charge in [0.2, 0.25) is 0 Å². The van der Waals surface area contributed by atoms with E-state index >= 15 is 0 Å². The van der Waals surface area contributed by atoms with Crippen molar-refractivity contribution >= 4 is 5.97 Å². The van der Waals surface area contributed by atoms with Crippen LogP contribution in [0.25, 0.3) is 0 Å². The lowest BCUT2D eigenvalue weighted by Crippen LogP contribution is -2.34. The van der Waals surface area contributed by atoms with Gasteiger partial charge in [0.1, 0.15) is 0 Å². The zero-order valence-corrected chi connectivity index (χ0v) is 12.5. The van der Waals surface area contributed by atoms with Crippen LogP contribution in [0, 0.1) is 46.8 Å². The Balaban J connectivity index is 1.61. The number of carbonyl (C=O) groups excluding carboxylic acids is 1. The summed E-state index contributed by atoms with van der Waals surface area (Å²) in [6.07, 6.45) is 6.05. The lowest BCUT2D eigenvalue weighted by Gasteiger charge is -2.38. The van der Waals surface area contributed by atoms with Crippen LogP contribution >= 0.6 is 0 Å². The highest BCUT2D eigenvalue weighted by atomic mass is 16.5. The van der Waals surface area contributed by atoms with Crippen LogP contribution in [0.2, 0.25) is 0 Å². The van der Waals surface area contributed by atoms with E-state index in [4.69, 9.17) is 4.74 Å².